The molecule has 2 aromatic carbocycles. The van der Waals surface area contributed by atoms with Crippen LogP contribution in [-0.4, -0.2) is 53.5 Å². The van der Waals surface area contributed by atoms with Crippen molar-refractivity contribution in [3.05, 3.63) is 59.8 Å². The average Bonchev–Trinajstić information content (AvgIpc) is 3.38. The summed E-state index contributed by atoms with van der Waals surface area (Å²) in [5.74, 6) is 0.571. The van der Waals surface area contributed by atoms with E-state index in [9.17, 15) is 14.4 Å². The second-order valence-corrected chi connectivity index (χ2v) is 9.18. The van der Waals surface area contributed by atoms with Gasteiger partial charge in [-0.15, -0.1) is 0 Å². The number of urea groups is 1. The summed E-state index contributed by atoms with van der Waals surface area (Å²) < 4.78 is 11.3. The Labute approximate surface area is 202 Å². The summed E-state index contributed by atoms with van der Waals surface area (Å²) in [6.07, 6.45) is 2.19. The van der Waals surface area contributed by atoms with Crippen LogP contribution >= 0.6 is 0 Å². The summed E-state index contributed by atoms with van der Waals surface area (Å²) in [4.78, 5) is 42.6. The molecule has 2 aliphatic heterocycles. The molecule has 9 heteroatoms. The minimum atomic E-state index is -0.715. The topological polar surface area (TPSA) is 113 Å². The molecule has 3 aromatic rings. The molecular weight excluding hydrogens is 448 g/mol. The van der Waals surface area contributed by atoms with E-state index in [1.807, 2.05) is 62.5 Å². The third kappa shape index (κ3) is 4.53. The molecule has 3 heterocycles. The number of nitrogens with one attached hydrogen (secondary N) is 3. The van der Waals surface area contributed by atoms with Crippen molar-refractivity contribution in [2.24, 2.45) is 5.92 Å². The number of hydrogen-bond acceptors (Lipinski definition) is 5. The van der Waals surface area contributed by atoms with E-state index in [0.29, 0.717) is 31.1 Å². The zero-order valence-electron chi connectivity index (χ0n) is 19.7. The maximum absolute atomic E-state index is 13.0. The third-order valence-corrected chi connectivity index (χ3v) is 6.42. The molecule has 1 saturated heterocycles. The minimum Gasteiger partial charge on any atom is -0.486 e. The molecule has 9 nitrogen and oxygen atoms in total. The second-order valence-electron chi connectivity index (χ2n) is 9.18. The van der Waals surface area contributed by atoms with Gasteiger partial charge in [0.25, 0.3) is 5.91 Å². The van der Waals surface area contributed by atoms with E-state index in [-0.39, 0.29) is 18.5 Å². The Balaban J connectivity index is 1.25. The van der Waals surface area contributed by atoms with Crippen molar-refractivity contribution < 1.29 is 23.9 Å². The number of imide groups is 1. The summed E-state index contributed by atoms with van der Waals surface area (Å²) >= 11 is 0. The fourth-order valence-corrected chi connectivity index (χ4v) is 4.64. The van der Waals surface area contributed by atoms with Crippen molar-refractivity contribution >= 4 is 28.7 Å². The summed E-state index contributed by atoms with van der Waals surface area (Å²) in [5.41, 5.74) is 2.77. The van der Waals surface area contributed by atoms with Crippen LogP contribution in [0, 0.1) is 5.92 Å². The Morgan fingerprint density at radius 1 is 1.11 bits per heavy atom. The molecular formula is C26H28N4O5. The van der Waals surface area contributed by atoms with Crippen LogP contribution in [0.2, 0.25) is 0 Å². The summed E-state index contributed by atoms with van der Waals surface area (Å²) in [6.45, 7) is 4.62. The number of carbonyl (C=O) groups is 3. The number of fused-ring (bicyclic) bond motifs is 2. The van der Waals surface area contributed by atoms with Crippen LogP contribution in [0.15, 0.2) is 48.7 Å². The van der Waals surface area contributed by atoms with Crippen LogP contribution in [0.5, 0.6) is 11.5 Å². The predicted molar refractivity (Wildman–Crippen MR) is 129 cm³/mol. The molecule has 0 spiro atoms. The van der Waals surface area contributed by atoms with Crippen LogP contribution in [0.1, 0.15) is 31.0 Å². The summed E-state index contributed by atoms with van der Waals surface area (Å²) in [7, 11) is 0. The van der Waals surface area contributed by atoms with Crippen molar-refractivity contribution in [3.63, 3.8) is 0 Å². The number of nitrogens with zero attached hydrogens (tertiary/aromatic N) is 1. The number of para-hydroxylation sites is 1. The molecule has 0 saturated carbocycles. The highest BCUT2D eigenvalue weighted by molar-refractivity contribution is 6.06. The summed E-state index contributed by atoms with van der Waals surface area (Å²) in [5, 5.41) is 6.70. The molecule has 0 bridgehead atoms. The van der Waals surface area contributed by atoms with Gasteiger partial charge in [0, 0.05) is 23.5 Å². The van der Waals surface area contributed by atoms with Gasteiger partial charge in [0.15, 0.2) is 11.5 Å². The van der Waals surface area contributed by atoms with Crippen molar-refractivity contribution in [1.82, 2.24) is 20.5 Å². The first-order valence-electron chi connectivity index (χ1n) is 11.8. The molecule has 182 valence electrons. The molecule has 3 N–H and O–H groups in total. The summed E-state index contributed by atoms with van der Waals surface area (Å²) in [6, 6.07) is 11.8. The number of ether oxygens (including phenoxy) is 2. The highest BCUT2D eigenvalue weighted by Crippen LogP contribution is 2.34. The minimum absolute atomic E-state index is 0.0687. The number of amides is 4. The van der Waals surface area contributed by atoms with Gasteiger partial charge in [-0.2, -0.15) is 0 Å². The average molecular weight is 477 g/mol. The molecule has 2 atom stereocenters. The van der Waals surface area contributed by atoms with E-state index >= 15 is 0 Å². The Kier molecular flexibility index (Phi) is 6.07. The first-order chi connectivity index (χ1) is 16.9. The van der Waals surface area contributed by atoms with E-state index in [2.05, 4.69) is 15.6 Å². The smallest absolute Gasteiger partial charge is 0.325 e. The number of H-pyrrole nitrogens is 1. The van der Waals surface area contributed by atoms with Gasteiger partial charge in [0.2, 0.25) is 5.91 Å². The quantitative estimate of drug-likeness (QED) is 0.454. The van der Waals surface area contributed by atoms with Gasteiger partial charge in [-0.3, -0.25) is 14.5 Å². The van der Waals surface area contributed by atoms with Gasteiger partial charge in [-0.1, -0.05) is 38.1 Å². The second kappa shape index (κ2) is 9.32. The van der Waals surface area contributed by atoms with Crippen LogP contribution in [0.4, 0.5) is 4.79 Å². The number of hydrogen-bond donors (Lipinski definition) is 3. The first-order valence-corrected chi connectivity index (χ1v) is 11.8. The molecule has 35 heavy (non-hydrogen) atoms. The molecule has 1 fully saturated rings. The fourth-order valence-electron chi connectivity index (χ4n) is 4.64. The third-order valence-electron chi connectivity index (χ3n) is 6.42. The Morgan fingerprint density at radius 3 is 2.69 bits per heavy atom. The lowest BCUT2D eigenvalue weighted by Gasteiger charge is -2.26. The van der Waals surface area contributed by atoms with E-state index in [1.54, 1.807) is 0 Å². The normalized spacial score (nSPS) is 18.1. The van der Waals surface area contributed by atoms with Gasteiger partial charge >= 0.3 is 6.03 Å². The van der Waals surface area contributed by atoms with Gasteiger partial charge < -0.3 is 25.1 Å². The van der Waals surface area contributed by atoms with E-state index in [0.717, 1.165) is 26.9 Å². The molecule has 5 rings (SSSR count). The van der Waals surface area contributed by atoms with E-state index in [1.165, 1.54) is 0 Å². The molecule has 0 aliphatic carbocycles. The monoisotopic (exact) mass is 476 g/mol. The van der Waals surface area contributed by atoms with Crippen LogP contribution < -0.4 is 20.1 Å². The number of aromatic amines is 1. The van der Waals surface area contributed by atoms with Crippen molar-refractivity contribution in [2.75, 3.05) is 19.8 Å². The van der Waals surface area contributed by atoms with Gasteiger partial charge in [-0.05, 0) is 35.2 Å². The molecule has 1 aromatic heterocycles. The fraction of sp³-hybridized carbons (Fsp3) is 0.346. The van der Waals surface area contributed by atoms with Crippen LogP contribution in [0.3, 0.4) is 0 Å². The Hall–Kier alpha value is -4.01. The molecule has 4 amide bonds. The van der Waals surface area contributed by atoms with E-state index in [4.69, 9.17) is 9.47 Å². The number of aromatic nitrogens is 1. The molecule has 0 radical (unpaired) electrons. The lowest BCUT2D eigenvalue weighted by atomic mass is 9.95. The van der Waals surface area contributed by atoms with Crippen molar-refractivity contribution in [1.29, 1.82) is 0 Å². The highest BCUT2D eigenvalue weighted by atomic mass is 16.6. The Bertz CT molecular complexity index is 1280. The predicted octanol–water partition coefficient (Wildman–Crippen LogP) is 2.92. The SMILES string of the molecule is CC(C)C(NC(=O)CN1C(=O)NC(Cc2c[nH]c3ccccc23)C1=O)c1ccc2c(c1)OCCO2. The number of rotatable bonds is 7. The number of carbonyl (C=O) groups excluding carboxylic acids is 3. The maximum atomic E-state index is 13.0. The van der Waals surface area contributed by atoms with Crippen molar-refractivity contribution in [2.45, 2.75) is 32.4 Å². The van der Waals surface area contributed by atoms with E-state index < -0.39 is 23.9 Å². The number of benzene rings is 2. The lowest BCUT2D eigenvalue weighted by Crippen LogP contribution is -2.43. The van der Waals surface area contributed by atoms with Gasteiger partial charge in [-0.25, -0.2) is 4.79 Å². The Morgan fingerprint density at radius 2 is 1.89 bits per heavy atom. The highest BCUT2D eigenvalue weighted by Gasteiger charge is 2.39. The largest absolute Gasteiger partial charge is 0.486 e. The lowest BCUT2D eigenvalue weighted by molar-refractivity contribution is -0.132. The molecule has 2 aliphatic rings. The van der Waals surface area contributed by atoms with Gasteiger partial charge in [0.1, 0.15) is 25.8 Å². The maximum Gasteiger partial charge on any atom is 0.325 e. The van der Waals surface area contributed by atoms with Gasteiger partial charge in [0.05, 0.1) is 6.04 Å². The van der Waals surface area contributed by atoms with Crippen LogP contribution in [-0.2, 0) is 16.0 Å². The first kappa shape index (κ1) is 22.8. The zero-order valence-corrected chi connectivity index (χ0v) is 19.7. The molecule has 2 unspecified atom stereocenters. The zero-order chi connectivity index (χ0) is 24.5. The van der Waals surface area contributed by atoms with Crippen molar-refractivity contribution in [3.8, 4) is 11.5 Å². The van der Waals surface area contributed by atoms with Crippen LogP contribution in [0.25, 0.3) is 10.9 Å². The standard InChI is InChI=1S/C26H28N4O5/c1-15(2)24(16-7-8-21-22(12-16)35-10-9-34-21)29-23(31)14-30-25(32)20(28-26(30)33)11-17-13-27-19-6-4-3-5-18(17)19/h3-8,12-13,15,20,24,27H,9-11,14H2,1-2H3,(H,28,33)(H,29,31).